The number of aliphatic hydroxyl groups excluding tert-OH is 1. The van der Waals surface area contributed by atoms with E-state index >= 15 is 0 Å². The zero-order valence-electron chi connectivity index (χ0n) is 14.9. The van der Waals surface area contributed by atoms with Gasteiger partial charge in [-0.2, -0.15) is 0 Å². The number of rotatable bonds is 3. The van der Waals surface area contributed by atoms with E-state index in [-0.39, 0.29) is 11.9 Å². The molecule has 2 amide bonds. The number of aryl methyl sites for hydroxylation is 2. The standard InChI is InChI=1S/C21H26N2O2/c1-15-8-9-16(2)19(14-15)22-21(25)23-12-10-18(11-13-23)20(24)17-6-4-3-5-7-17/h3-9,14,18,20,24H,10-13H2,1-2H3,(H,22,25). The minimum absolute atomic E-state index is 0.0543. The number of urea groups is 1. The van der Waals surface area contributed by atoms with Gasteiger partial charge in [0.15, 0.2) is 0 Å². The Balaban J connectivity index is 1.56. The van der Waals surface area contributed by atoms with E-state index in [0.717, 1.165) is 35.2 Å². The van der Waals surface area contributed by atoms with Gasteiger partial charge in [-0.1, -0.05) is 42.5 Å². The second-order valence-corrected chi connectivity index (χ2v) is 6.93. The fourth-order valence-corrected chi connectivity index (χ4v) is 3.41. The van der Waals surface area contributed by atoms with Gasteiger partial charge in [-0.25, -0.2) is 4.79 Å². The molecular weight excluding hydrogens is 312 g/mol. The number of hydrogen-bond donors (Lipinski definition) is 2. The molecule has 2 N–H and O–H groups in total. The number of carbonyl (C=O) groups is 1. The highest BCUT2D eigenvalue weighted by atomic mass is 16.3. The van der Waals surface area contributed by atoms with E-state index in [1.54, 1.807) is 0 Å². The monoisotopic (exact) mass is 338 g/mol. The Morgan fingerprint density at radius 1 is 1.12 bits per heavy atom. The molecule has 3 rings (SSSR count). The highest BCUT2D eigenvalue weighted by molar-refractivity contribution is 5.90. The van der Waals surface area contributed by atoms with Crippen LogP contribution in [0.3, 0.4) is 0 Å². The molecule has 25 heavy (non-hydrogen) atoms. The van der Waals surface area contributed by atoms with Gasteiger partial charge in [-0.15, -0.1) is 0 Å². The van der Waals surface area contributed by atoms with Crippen LogP contribution >= 0.6 is 0 Å². The van der Waals surface area contributed by atoms with Gasteiger partial charge >= 0.3 is 6.03 Å². The van der Waals surface area contributed by atoms with E-state index in [0.29, 0.717) is 13.1 Å². The number of amides is 2. The lowest BCUT2D eigenvalue weighted by molar-refractivity contribution is 0.0683. The van der Waals surface area contributed by atoms with Crippen LogP contribution in [0.25, 0.3) is 0 Å². The summed E-state index contributed by atoms with van der Waals surface area (Å²) in [6.45, 7) is 5.36. The lowest BCUT2D eigenvalue weighted by atomic mass is 9.87. The third kappa shape index (κ3) is 4.20. The second-order valence-electron chi connectivity index (χ2n) is 6.93. The van der Waals surface area contributed by atoms with Crippen molar-refractivity contribution in [3.8, 4) is 0 Å². The van der Waals surface area contributed by atoms with E-state index < -0.39 is 6.10 Å². The Morgan fingerprint density at radius 3 is 2.48 bits per heavy atom. The lowest BCUT2D eigenvalue weighted by Gasteiger charge is -2.34. The quantitative estimate of drug-likeness (QED) is 0.877. The van der Waals surface area contributed by atoms with Crippen LogP contribution in [0, 0.1) is 19.8 Å². The summed E-state index contributed by atoms with van der Waals surface area (Å²) in [5.74, 6) is 0.201. The van der Waals surface area contributed by atoms with Crippen LogP contribution in [0.15, 0.2) is 48.5 Å². The number of nitrogens with one attached hydrogen (secondary N) is 1. The van der Waals surface area contributed by atoms with Crippen LogP contribution in [0.4, 0.5) is 10.5 Å². The highest BCUT2D eigenvalue weighted by Gasteiger charge is 2.28. The average molecular weight is 338 g/mol. The Kier molecular flexibility index (Phi) is 5.39. The first kappa shape index (κ1) is 17.5. The van der Waals surface area contributed by atoms with Crippen LogP contribution in [0.2, 0.25) is 0 Å². The van der Waals surface area contributed by atoms with Crippen molar-refractivity contribution < 1.29 is 9.90 Å². The maximum Gasteiger partial charge on any atom is 0.321 e. The molecule has 4 heteroatoms. The minimum Gasteiger partial charge on any atom is -0.388 e. The molecule has 1 atom stereocenters. The highest BCUT2D eigenvalue weighted by Crippen LogP contribution is 2.30. The van der Waals surface area contributed by atoms with Crippen molar-refractivity contribution in [1.82, 2.24) is 4.90 Å². The van der Waals surface area contributed by atoms with Crippen molar-refractivity contribution in [2.75, 3.05) is 18.4 Å². The number of carbonyl (C=O) groups excluding carboxylic acids is 1. The Morgan fingerprint density at radius 2 is 1.80 bits per heavy atom. The van der Waals surface area contributed by atoms with Gasteiger partial charge in [-0.3, -0.25) is 0 Å². The van der Waals surface area contributed by atoms with Gasteiger partial charge in [0.1, 0.15) is 0 Å². The number of nitrogens with zero attached hydrogens (tertiary/aromatic N) is 1. The van der Waals surface area contributed by atoms with Crippen LogP contribution < -0.4 is 5.32 Å². The van der Waals surface area contributed by atoms with E-state index in [4.69, 9.17) is 0 Å². The molecule has 0 aliphatic carbocycles. The molecule has 4 nitrogen and oxygen atoms in total. The molecule has 0 bridgehead atoms. The van der Waals surface area contributed by atoms with Gasteiger partial charge in [-0.05, 0) is 55.4 Å². The predicted octanol–water partition coefficient (Wildman–Crippen LogP) is 4.28. The van der Waals surface area contributed by atoms with Crippen LogP contribution in [-0.2, 0) is 0 Å². The van der Waals surface area contributed by atoms with Crippen molar-refractivity contribution in [1.29, 1.82) is 0 Å². The molecule has 0 spiro atoms. The lowest BCUT2D eigenvalue weighted by Crippen LogP contribution is -2.42. The number of aliphatic hydroxyl groups is 1. The molecule has 1 aliphatic heterocycles. The zero-order chi connectivity index (χ0) is 17.8. The number of likely N-dealkylation sites (tertiary alicyclic amines) is 1. The largest absolute Gasteiger partial charge is 0.388 e. The molecule has 2 aromatic rings. The van der Waals surface area contributed by atoms with Crippen LogP contribution in [0.5, 0.6) is 0 Å². The topological polar surface area (TPSA) is 52.6 Å². The van der Waals surface area contributed by atoms with E-state index in [2.05, 4.69) is 5.32 Å². The molecule has 1 unspecified atom stereocenters. The Labute approximate surface area is 149 Å². The molecule has 1 aliphatic rings. The van der Waals surface area contributed by atoms with Crippen molar-refractivity contribution >= 4 is 11.7 Å². The first-order valence-corrected chi connectivity index (χ1v) is 8.91. The summed E-state index contributed by atoms with van der Waals surface area (Å²) in [6, 6.07) is 15.8. The second kappa shape index (κ2) is 7.70. The van der Waals surface area contributed by atoms with Crippen molar-refractivity contribution in [3.05, 3.63) is 65.2 Å². The molecule has 1 fully saturated rings. The fourth-order valence-electron chi connectivity index (χ4n) is 3.41. The molecule has 1 heterocycles. The third-order valence-electron chi connectivity index (χ3n) is 5.05. The first-order chi connectivity index (χ1) is 12.0. The molecule has 2 aromatic carbocycles. The average Bonchev–Trinajstić information content (AvgIpc) is 2.65. The zero-order valence-corrected chi connectivity index (χ0v) is 14.9. The van der Waals surface area contributed by atoms with E-state index in [9.17, 15) is 9.90 Å². The van der Waals surface area contributed by atoms with E-state index in [1.807, 2.05) is 67.3 Å². The molecular formula is C21H26N2O2. The summed E-state index contributed by atoms with van der Waals surface area (Å²) in [5.41, 5.74) is 4.02. The molecule has 0 radical (unpaired) electrons. The molecule has 0 aromatic heterocycles. The van der Waals surface area contributed by atoms with Gasteiger partial charge < -0.3 is 15.3 Å². The first-order valence-electron chi connectivity index (χ1n) is 8.91. The maximum atomic E-state index is 12.5. The summed E-state index contributed by atoms with van der Waals surface area (Å²) in [5, 5.41) is 13.6. The van der Waals surface area contributed by atoms with Crippen LogP contribution in [0.1, 0.15) is 35.6 Å². The number of benzene rings is 2. The number of piperidine rings is 1. The van der Waals surface area contributed by atoms with E-state index in [1.165, 1.54) is 0 Å². The van der Waals surface area contributed by atoms with Crippen LogP contribution in [-0.4, -0.2) is 29.1 Å². The molecule has 1 saturated heterocycles. The van der Waals surface area contributed by atoms with Gasteiger partial charge in [0, 0.05) is 18.8 Å². The maximum absolute atomic E-state index is 12.5. The normalized spacial score (nSPS) is 16.5. The predicted molar refractivity (Wildman–Crippen MR) is 101 cm³/mol. The van der Waals surface area contributed by atoms with Gasteiger partial charge in [0.2, 0.25) is 0 Å². The van der Waals surface area contributed by atoms with Crippen molar-refractivity contribution in [2.45, 2.75) is 32.8 Å². The SMILES string of the molecule is Cc1ccc(C)c(NC(=O)N2CCC(C(O)c3ccccc3)CC2)c1. The minimum atomic E-state index is -0.453. The van der Waals surface area contributed by atoms with Crippen molar-refractivity contribution in [3.63, 3.8) is 0 Å². The van der Waals surface area contributed by atoms with Gasteiger partial charge in [0.05, 0.1) is 6.10 Å². The summed E-state index contributed by atoms with van der Waals surface area (Å²) in [7, 11) is 0. The summed E-state index contributed by atoms with van der Waals surface area (Å²) in [4.78, 5) is 14.4. The summed E-state index contributed by atoms with van der Waals surface area (Å²) < 4.78 is 0. The van der Waals surface area contributed by atoms with Gasteiger partial charge in [0.25, 0.3) is 0 Å². The fraction of sp³-hybridized carbons (Fsp3) is 0.381. The number of hydrogen-bond acceptors (Lipinski definition) is 2. The third-order valence-corrected chi connectivity index (χ3v) is 5.05. The molecule has 0 saturated carbocycles. The smallest absolute Gasteiger partial charge is 0.321 e. The van der Waals surface area contributed by atoms with Crippen molar-refractivity contribution in [2.24, 2.45) is 5.92 Å². The number of anilines is 1. The molecule has 132 valence electrons. The Bertz CT molecular complexity index is 722. The summed E-state index contributed by atoms with van der Waals surface area (Å²) in [6.07, 6.45) is 1.18. The summed E-state index contributed by atoms with van der Waals surface area (Å²) >= 11 is 0. The Hall–Kier alpha value is -2.33.